The van der Waals surface area contributed by atoms with Crippen LogP contribution in [0.5, 0.6) is 5.75 Å². The van der Waals surface area contributed by atoms with Crippen molar-refractivity contribution in [2.75, 3.05) is 12.4 Å². The molecule has 0 fully saturated rings. The van der Waals surface area contributed by atoms with Gasteiger partial charge >= 0.3 is 0 Å². The molecule has 0 radical (unpaired) electrons. The van der Waals surface area contributed by atoms with Gasteiger partial charge in [0.2, 0.25) is 5.91 Å². The Morgan fingerprint density at radius 3 is 2.88 bits per heavy atom. The van der Waals surface area contributed by atoms with Gasteiger partial charge in [-0.2, -0.15) is 0 Å². The third-order valence-corrected chi connectivity index (χ3v) is 5.46. The zero-order valence-electron chi connectivity index (χ0n) is 14.7. The zero-order chi connectivity index (χ0) is 18.5. The molecule has 0 aliphatic rings. The number of benzene rings is 1. The molecule has 26 heavy (non-hydrogen) atoms. The molecule has 1 N–H and O–H groups in total. The summed E-state index contributed by atoms with van der Waals surface area (Å²) >= 11 is 2.76. The molecule has 2 heterocycles. The van der Waals surface area contributed by atoms with E-state index in [1.807, 2.05) is 48.1 Å². The van der Waals surface area contributed by atoms with E-state index in [4.69, 9.17) is 4.74 Å². The average Bonchev–Trinajstić information content (AvgIpc) is 3.31. The van der Waals surface area contributed by atoms with Gasteiger partial charge in [-0.15, -0.1) is 21.5 Å². The average molecular weight is 390 g/mol. The minimum absolute atomic E-state index is 0.116. The van der Waals surface area contributed by atoms with Gasteiger partial charge in [0.1, 0.15) is 5.75 Å². The molecule has 3 aromatic rings. The number of ether oxygens (including phenoxy) is 1. The van der Waals surface area contributed by atoms with E-state index < -0.39 is 0 Å². The molecule has 0 spiro atoms. The summed E-state index contributed by atoms with van der Waals surface area (Å²) in [5, 5.41) is 14.2. The lowest BCUT2D eigenvalue weighted by molar-refractivity contribution is -0.115. The van der Waals surface area contributed by atoms with Crippen LogP contribution in [0.2, 0.25) is 0 Å². The molecule has 7 nitrogen and oxygen atoms in total. The normalized spacial score (nSPS) is 12.0. The summed E-state index contributed by atoms with van der Waals surface area (Å²) in [5.41, 5.74) is 0.871. The van der Waals surface area contributed by atoms with Crippen LogP contribution < -0.4 is 10.1 Å². The summed E-state index contributed by atoms with van der Waals surface area (Å²) in [4.78, 5) is 16.4. The summed E-state index contributed by atoms with van der Waals surface area (Å²) < 4.78 is 7.41. The van der Waals surface area contributed by atoms with E-state index in [0.29, 0.717) is 16.8 Å². The van der Waals surface area contributed by atoms with Gasteiger partial charge in [-0.25, -0.2) is 4.98 Å². The third kappa shape index (κ3) is 3.88. The molecule has 0 aliphatic heterocycles. The zero-order valence-corrected chi connectivity index (χ0v) is 16.3. The Kier molecular flexibility index (Phi) is 5.89. The van der Waals surface area contributed by atoms with Crippen molar-refractivity contribution < 1.29 is 9.53 Å². The van der Waals surface area contributed by atoms with Crippen molar-refractivity contribution in [1.29, 1.82) is 0 Å². The number of thioether (sulfide) groups is 1. The van der Waals surface area contributed by atoms with Gasteiger partial charge in [0, 0.05) is 18.1 Å². The maximum Gasteiger partial charge on any atom is 0.239 e. The van der Waals surface area contributed by atoms with Crippen molar-refractivity contribution in [2.24, 2.45) is 0 Å². The first kappa shape index (κ1) is 18.4. The highest BCUT2D eigenvalue weighted by molar-refractivity contribution is 8.00. The van der Waals surface area contributed by atoms with Gasteiger partial charge in [-0.3, -0.25) is 4.79 Å². The monoisotopic (exact) mass is 389 g/mol. The standard InChI is InChI=1S/C17H19N5O2S2/c1-4-22-14(12-7-5-6-8-13(12)24-3)20-21-17(22)26-11(2)15(23)19-16-18-9-10-25-16/h5-11H,4H2,1-3H3,(H,18,19,23)/t11-/m1/s1. The number of carbonyl (C=O) groups is 1. The first-order valence-corrected chi connectivity index (χ1v) is 9.83. The Morgan fingerprint density at radius 2 is 2.19 bits per heavy atom. The molecule has 0 aliphatic carbocycles. The summed E-state index contributed by atoms with van der Waals surface area (Å²) in [7, 11) is 1.63. The van der Waals surface area contributed by atoms with Crippen LogP contribution in [0, 0.1) is 0 Å². The van der Waals surface area contributed by atoms with Gasteiger partial charge in [0.25, 0.3) is 0 Å². The quantitative estimate of drug-likeness (QED) is 0.622. The van der Waals surface area contributed by atoms with Crippen LogP contribution in [0.15, 0.2) is 41.0 Å². The Labute approximate surface area is 159 Å². The number of anilines is 1. The molecular formula is C17H19N5O2S2. The predicted octanol–water partition coefficient (Wildman–Crippen LogP) is 3.55. The second kappa shape index (κ2) is 8.33. The molecule has 2 aromatic heterocycles. The van der Waals surface area contributed by atoms with E-state index >= 15 is 0 Å². The van der Waals surface area contributed by atoms with Gasteiger partial charge < -0.3 is 14.6 Å². The summed E-state index contributed by atoms with van der Waals surface area (Å²) in [6.07, 6.45) is 1.66. The molecule has 0 saturated heterocycles. The predicted molar refractivity (Wildman–Crippen MR) is 104 cm³/mol. The van der Waals surface area contributed by atoms with Crippen LogP contribution >= 0.6 is 23.1 Å². The Bertz CT molecular complexity index is 879. The minimum atomic E-state index is -0.334. The molecule has 0 saturated carbocycles. The number of hydrogen-bond acceptors (Lipinski definition) is 7. The van der Waals surface area contributed by atoms with E-state index in [2.05, 4.69) is 20.5 Å². The molecule has 0 bridgehead atoms. The molecular weight excluding hydrogens is 370 g/mol. The molecule has 1 amide bonds. The molecule has 9 heteroatoms. The highest BCUT2D eigenvalue weighted by Crippen LogP contribution is 2.32. The summed E-state index contributed by atoms with van der Waals surface area (Å²) in [6, 6.07) is 7.68. The first-order valence-electron chi connectivity index (χ1n) is 8.07. The highest BCUT2D eigenvalue weighted by atomic mass is 32.2. The molecule has 0 unspecified atom stereocenters. The number of nitrogens with zero attached hydrogens (tertiary/aromatic N) is 4. The molecule has 136 valence electrons. The lowest BCUT2D eigenvalue weighted by Crippen LogP contribution is -2.22. The van der Waals surface area contributed by atoms with Crippen LogP contribution in [-0.4, -0.2) is 38.0 Å². The van der Waals surface area contributed by atoms with Crippen molar-refractivity contribution >= 4 is 34.1 Å². The first-order chi connectivity index (χ1) is 12.6. The number of hydrogen-bond donors (Lipinski definition) is 1. The highest BCUT2D eigenvalue weighted by Gasteiger charge is 2.22. The maximum atomic E-state index is 12.3. The largest absolute Gasteiger partial charge is 0.496 e. The van der Waals surface area contributed by atoms with E-state index in [1.54, 1.807) is 13.3 Å². The van der Waals surface area contributed by atoms with Crippen molar-refractivity contribution in [3.05, 3.63) is 35.8 Å². The van der Waals surface area contributed by atoms with Crippen LogP contribution in [-0.2, 0) is 11.3 Å². The second-order valence-electron chi connectivity index (χ2n) is 5.34. The topological polar surface area (TPSA) is 81.9 Å². The summed E-state index contributed by atoms with van der Waals surface area (Å²) in [6.45, 7) is 4.54. The van der Waals surface area contributed by atoms with Gasteiger partial charge in [-0.05, 0) is 26.0 Å². The van der Waals surface area contributed by atoms with Crippen molar-refractivity contribution in [1.82, 2.24) is 19.7 Å². The number of amides is 1. The van der Waals surface area contributed by atoms with E-state index in [0.717, 1.165) is 17.1 Å². The smallest absolute Gasteiger partial charge is 0.239 e. The Hall–Kier alpha value is -2.39. The van der Waals surface area contributed by atoms with Crippen molar-refractivity contribution in [2.45, 2.75) is 30.8 Å². The van der Waals surface area contributed by atoms with E-state index in [9.17, 15) is 4.79 Å². The second-order valence-corrected chi connectivity index (χ2v) is 7.54. The fourth-order valence-corrected chi connectivity index (χ4v) is 3.84. The minimum Gasteiger partial charge on any atom is -0.496 e. The van der Waals surface area contributed by atoms with Crippen LogP contribution in [0.1, 0.15) is 13.8 Å². The molecule has 1 aromatic carbocycles. The van der Waals surface area contributed by atoms with Gasteiger partial charge in [0.15, 0.2) is 16.1 Å². The SMILES string of the molecule is CCn1c(S[C@H](C)C(=O)Nc2nccs2)nnc1-c1ccccc1OC. The van der Waals surface area contributed by atoms with E-state index in [1.165, 1.54) is 23.1 Å². The van der Waals surface area contributed by atoms with E-state index in [-0.39, 0.29) is 11.2 Å². The lowest BCUT2D eigenvalue weighted by Gasteiger charge is -2.12. The number of rotatable bonds is 7. The van der Waals surface area contributed by atoms with Gasteiger partial charge in [-0.1, -0.05) is 23.9 Å². The summed E-state index contributed by atoms with van der Waals surface area (Å²) in [5.74, 6) is 1.34. The fourth-order valence-electron chi connectivity index (χ4n) is 2.39. The number of carbonyl (C=O) groups excluding carboxylic acids is 1. The van der Waals surface area contributed by atoms with Gasteiger partial charge in [0.05, 0.1) is 17.9 Å². The number of aromatic nitrogens is 4. The van der Waals surface area contributed by atoms with Crippen molar-refractivity contribution in [3.8, 4) is 17.1 Å². The lowest BCUT2D eigenvalue weighted by atomic mass is 10.2. The van der Waals surface area contributed by atoms with Crippen LogP contribution in [0.25, 0.3) is 11.4 Å². The van der Waals surface area contributed by atoms with Crippen LogP contribution in [0.4, 0.5) is 5.13 Å². The Balaban J connectivity index is 1.81. The molecule has 3 rings (SSSR count). The number of nitrogens with one attached hydrogen (secondary N) is 1. The third-order valence-electron chi connectivity index (χ3n) is 3.69. The maximum absolute atomic E-state index is 12.3. The fraction of sp³-hybridized carbons (Fsp3) is 0.294. The van der Waals surface area contributed by atoms with Crippen molar-refractivity contribution in [3.63, 3.8) is 0 Å². The Morgan fingerprint density at radius 1 is 1.38 bits per heavy atom. The van der Waals surface area contributed by atoms with Crippen LogP contribution in [0.3, 0.4) is 0 Å². The molecule has 1 atom stereocenters. The number of methoxy groups -OCH3 is 1. The number of para-hydroxylation sites is 1. The number of thiazole rings is 1.